The third kappa shape index (κ3) is 3.57. The first-order valence-electron chi connectivity index (χ1n) is 5.30. The smallest absolute Gasteiger partial charge is 0.0543 e. The molecule has 0 amide bonds. The van der Waals surface area contributed by atoms with Crippen LogP contribution in [0.2, 0.25) is 0 Å². The molecule has 0 saturated heterocycles. The molecule has 1 heterocycles. The Morgan fingerprint density at radius 3 is 2.80 bits per heavy atom. The Labute approximate surface area is 95.3 Å². The summed E-state index contributed by atoms with van der Waals surface area (Å²) in [5.74, 6) is 0. The molecular formula is C11H20N2OS. The summed E-state index contributed by atoms with van der Waals surface area (Å²) in [5, 5.41) is 14.4. The average Bonchev–Trinajstić information content (AvgIpc) is 2.61. The van der Waals surface area contributed by atoms with Gasteiger partial charge < -0.3 is 16.2 Å². The molecule has 15 heavy (non-hydrogen) atoms. The van der Waals surface area contributed by atoms with Gasteiger partial charge in [0.25, 0.3) is 0 Å². The van der Waals surface area contributed by atoms with Gasteiger partial charge in [0.05, 0.1) is 6.04 Å². The molecule has 0 radical (unpaired) electrons. The number of aryl methyl sites for hydroxylation is 1. The fraction of sp³-hybridized carbons (Fsp3) is 0.636. The van der Waals surface area contributed by atoms with E-state index >= 15 is 0 Å². The molecule has 0 aromatic carbocycles. The molecule has 0 aliphatic heterocycles. The lowest BCUT2D eigenvalue weighted by Gasteiger charge is -2.21. The van der Waals surface area contributed by atoms with E-state index < -0.39 is 0 Å². The van der Waals surface area contributed by atoms with Crippen molar-refractivity contribution in [3.05, 3.63) is 21.9 Å². The van der Waals surface area contributed by atoms with Gasteiger partial charge in [-0.3, -0.25) is 0 Å². The molecule has 0 bridgehead atoms. The third-order valence-corrected chi connectivity index (χ3v) is 3.63. The maximum atomic E-state index is 8.84. The van der Waals surface area contributed by atoms with Crippen LogP contribution < -0.4 is 11.1 Å². The summed E-state index contributed by atoms with van der Waals surface area (Å²) in [5.41, 5.74) is 7.05. The maximum Gasteiger partial charge on any atom is 0.0543 e. The molecular weight excluding hydrogens is 208 g/mol. The van der Waals surface area contributed by atoms with Crippen LogP contribution in [-0.4, -0.2) is 24.3 Å². The first-order valence-corrected chi connectivity index (χ1v) is 6.18. The molecule has 2 atom stereocenters. The summed E-state index contributed by atoms with van der Waals surface area (Å²) in [7, 11) is 0. The van der Waals surface area contributed by atoms with Gasteiger partial charge in [0.2, 0.25) is 0 Å². The molecule has 86 valence electrons. The highest BCUT2D eigenvalue weighted by Gasteiger charge is 2.15. The van der Waals surface area contributed by atoms with Crippen molar-refractivity contribution in [2.24, 2.45) is 5.73 Å². The predicted octanol–water partition coefficient (Wildman–Crippen LogP) is 1.42. The van der Waals surface area contributed by atoms with E-state index in [0.29, 0.717) is 12.6 Å². The fourth-order valence-corrected chi connectivity index (χ4v) is 2.61. The normalized spacial score (nSPS) is 15.2. The van der Waals surface area contributed by atoms with Crippen LogP contribution in [0.15, 0.2) is 11.4 Å². The van der Waals surface area contributed by atoms with Crippen molar-refractivity contribution in [2.75, 3.05) is 13.2 Å². The zero-order valence-electron chi connectivity index (χ0n) is 9.36. The van der Waals surface area contributed by atoms with Crippen LogP contribution in [0.1, 0.15) is 29.8 Å². The summed E-state index contributed by atoms with van der Waals surface area (Å²) in [6.07, 6.45) is 0.765. The van der Waals surface area contributed by atoms with Gasteiger partial charge in [0.15, 0.2) is 0 Å². The number of hydrogen-bond acceptors (Lipinski definition) is 4. The van der Waals surface area contributed by atoms with Crippen molar-refractivity contribution in [2.45, 2.75) is 32.4 Å². The van der Waals surface area contributed by atoms with Crippen molar-refractivity contribution in [3.63, 3.8) is 0 Å². The maximum absolute atomic E-state index is 8.84. The van der Waals surface area contributed by atoms with Gasteiger partial charge in [-0.05, 0) is 37.3 Å². The summed E-state index contributed by atoms with van der Waals surface area (Å²) < 4.78 is 0. The van der Waals surface area contributed by atoms with E-state index in [-0.39, 0.29) is 12.6 Å². The van der Waals surface area contributed by atoms with Crippen molar-refractivity contribution < 1.29 is 5.11 Å². The van der Waals surface area contributed by atoms with Crippen LogP contribution in [-0.2, 0) is 0 Å². The van der Waals surface area contributed by atoms with E-state index in [4.69, 9.17) is 10.8 Å². The van der Waals surface area contributed by atoms with Gasteiger partial charge >= 0.3 is 0 Å². The lowest BCUT2D eigenvalue weighted by Crippen LogP contribution is -2.35. The Balaban J connectivity index is 2.60. The van der Waals surface area contributed by atoms with Crippen LogP contribution in [0.4, 0.5) is 0 Å². The number of aliphatic hydroxyl groups is 1. The summed E-state index contributed by atoms with van der Waals surface area (Å²) in [6, 6.07) is 2.62. The highest BCUT2D eigenvalue weighted by molar-refractivity contribution is 7.10. The number of hydrogen-bond donors (Lipinski definition) is 3. The molecule has 1 aromatic heterocycles. The third-order valence-electron chi connectivity index (χ3n) is 2.50. The topological polar surface area (TPSA) is 58.3 Å². The average molecular weight is 228 g/mol. The van der Waals surface area contributed by atoms with Crippen LogP contribution in [0.25, 0.3) is 0 Å². The van der Waals surface area contributed by atoms with Crippen molar-refractivity contribution >= 4 is 11.3 Å². The Hall–Kier alpha value is -0.420. The Morgan fingerprint density at radius 1 is 1.60 bits per heavy atom. The first-order chi connectivity index (χ1) is 7.19. The van der Waals surface area contributed by atoms with Crippen LogP contribution in [0.5, 0.6) is 0 Å². The predicted molar refractivity (Wildman–Crippen MR) is 65.2 cm³/mol. The minimum Gasteiger partial charge on any atom is -0.396 e. The van der Waals surface area contributed by atoms with Gasteiger partial charge in [-0.1, -0.05) is 0 Å². The second kappa shape index (κ2) is 6.23. The molecule has 0 aliphatic rings. The molecule has 3 nitrogen and oxygen atoms in total. The number of nitrogens with one attached hydrogen (secondary N) is 1. The standard InChI is InChI=1S/C11H20N2OS/c1-8-4-6-15-11(8)10(7-12)13-9(2)3-5-14/h4,6,9-10,13-14H,3,5,7,12H2,1-2H3. The second-order valence-corrected chi connectivity index (χ2v) is 4.78. The molecule has 4 N–H and O–H groups in total. The molecule has 4 heteroatoms. The molecule has 0 saturated carbocycles. The van der Waals surface area contributed by atoms with E-state index in [1.165, 1.54) is 10.4 Å². The van der Waals surface area contributed by atoms with Crippen LogP contribution in [0, 0.1) is 6.92 Å². The van der Waals surface area contributed by atoms with E-state index in [0.717, 1.165) is 6.42 Å². The van der Waals surface area contributed by atoms with Gasteiger partial charge in [0, 0.05) is 24.1 Å². The largest absolute Gasteiger partial charge is 0.396 e. The summed E-state index contributed by atoms with van der Waals surface area (Å²) in [6.45, 7) is 4.99. The van der Waals surface area contributed by atoms with Crippen molar-refractivity contribution in [3.8, 4) is 0 Å². The zero-order valence-corrected chi connectivity index (χ0v) is 10.2. The first kappa shape index (κ1) is 12.6. The van der Waals surface area contributed by atoms with Gasteiger partial charge in [-0.15, -0.1) is 11.3 Å². The SMILES string of the molecule is Cc1ccsc1C(CN)NC(C)CCO. The molecule has 0 fully saturated rings. The Bertz CT molecular complexity index is 288. The van der Waals surface area contributed by atoms with Crippen LogP contribution in [0.3, 0.4) is 0 Å². The minimum atomic E-state index is 0.214. The Morgan fingerprint density at radius 2 is 2.33 bits per heavy atom. The van der Waals surface area contributed by atoms with Gasteiger partial charge in [0.1, 0.15) is 0 Å². The number of thiophene rings is 1. The lowest BCUT2D eigenvalue weighted by molar-refractivity contribution is 0.263. The summed E-state index contributed by atoms with van der Waals surface area (Å²) >= 11 is 1.74. The van der Waals surface area contributed by atoms with Crippen LogP contribution >= 0.6 is 11.3 Å². The fourth-order valence-electron chi connectivity index (χ4n) is 1.61. The van der Waals surface area contributed by atoms with E-state index in [1.54, 1.807) is 11.3 Å². The Kier molecular flexibility index (Phi) is 5.25. The van der Waals surface area contributed by atoms with Crippen molar-refractivity contribution in [1.82, 2.24) is 5.32 Å². The highest BCUT2D eigenvalue weighted by Crippen LogP contribution is 2.23. The molecule has 1 rings (SSSR count). The molecule has 0 aliphatic carbocycles. The lowest BCUT2D eigenvalue weighted by atomic mass is 10.1. The van der Waals surface area contributed by atoms with E-state index in [9.17, 15) is 0 Å². The minimum absolute atomic E-state index is 0.214. The molecule has 2 unspecified atom stereocenters. The quantitative estimate of drug-likeness (QED) is 0.690. The van der Waals surface area contributed by atoms with Crippen molar-refractivity contribution in [1.29, 1.82) is 0 Å². The number of aliphatic hydroxyl groups excluding tert-OH is 1. The zero-order chi connectivity index (χ0) is 11.3. The monoisotopic (exact) mass is 228 g/mol. The van der Waals surface area contributed by atoms with E-state index in [1.807, 2.05) is 0 Å². The second-order valence-electron chi connectivity index (χ2n) is 3.84. The highest BCUT2D eigenvalue weighted by atomic mass is 32.1. The number of nitrogens with two attached hydrogens (primary N) is 1. The van der Waals surface area contributed by atoms with Gasteiger partial charge in [-0.2, -0.15) is 0 Å². The van der Waals surface area contributed by atoms with Gasteiger partial charge in [-0.25, -0.2) is 0 Å². The molecule has 1 aromatic rings. The summed E-state index contributed by atoms with van der Waals surface area (Å²) in [4.78, 5) is 1.31. The number of rotatable bonds is 6. The molecule has 0 spiro atoms. The van der Waals surface area contributed by atoms with E-state index in [2.05, 4.69) is 30.6 Å².